The highest BCUT2D eigenvalue weighted by atomic mass is 16.4. The van der Waals surface area contributed by atoms with Crippen LogP contribution in [0.2, 0.25) is 0 Å². The first-order valence-corrected chi connectivity index (χ1v) is 5.86. The summed E-state index contributed by atoms with van der Waals surface area (Å²) in [5, 5.41) is 12.4. The number of aliphatic carboxylic acids is 1. The molecule has 0 amide bonds. The molecule has 0 atom stereocenters. The molecular formula is C13H16N2O3. The molecule has 2 N–H and O–H groups in total. The Balaban J connectivity index is 0.000000771. The van der Waals surface area contributed by atoms with Crippen molar-refractivity contribution in [2.75, 3.05) is 0 Å². The normalized spacial score (nSPS) is 9.67. The highest BCUT2D eigenvalue weighted by molar-refractivity contribution is 5.86. The number of carbonyl (C=O) groups is 1. The molecule has 0 aliphatic rings. The van der Waals surface area contributed by atoms with Crippen LogP contribution >= 0.6 is 0 Å². The molecule has 0 unspecified atom stereocenters. The Morgan fingerprint density at radius 1 is 1.39 bits per heavy atom. The third-order valence-corrected chi connectivity index (χ3v) is 2.46. The Labute approximate surface area is 105 Å². The van der Waals surface area contributed by atoms with Crippen molar-refractivity contribution in [2.45, 2.75) is 26.7 Å². The minimum absolute atomic E-state index is 0.0979. The van der Waals surface area contributed by atoms with Crippen LogP contribution in [0.1, 0.15) is 25.8 Å². The topological polar surface area (TPSA) is 82.5 Å². The summed E-state index contributed by atoms with van der Waals surface area (Å²) in [5.41, 5.74) is 2.10. The molecule has 0 aliphatic heterocycles. The van der Waals surface area contributed by atoms with E-state index in [0.29, 0.717) is 12.1 Å². The second-order valence-corrected chi connectivity index (χ2v) is 3.53. The van der Waals surface area contributed by atoms with E-state index in [1.807, 2.05) is 13.8 Å². The maximum atomic E-state index is 10.5. The number of H-pyrrole nitrogens is 1. The number of rotatable bonds is 4. The molecule has 2 aromatic rings. The summed E-state index contributed by atoms with van der Waals surface area (Å²) in [7, 11) is 0. The van der Waals surface area contributed by atoms with Gasteiger partial charge in [0.15, 0.2) is 0 Å². The van der Waals surface area contributed by atoms with Crippen molar-refractivity contribution in [2.24, 2.45) is 5.18 Å². The van der Waals surface area contributed by atoms with Crippen molar-refractivity contribution in [1.82, 2.24) is 4.98 Å². The van der Waals surface area contributed by atoms with E-state index in [4.69, 9.17) is 5.11 Å². The monoisotopic (exact) mass is 248 g/mol. The Morgan fingerprint density at radius 2 is 2.11 bits per heavy atom. The Bertz CT molecular complexity index is 546. The number of fused-ring (bicyclic) bond motifs is 1. The number of nitroso groups, excluding NO2 is 1. The van der Waals surface area contributed by atoms with Gasteiger partial charge in [-0.2, -0.15) is 0 Å². The van der Waals surface area contributed by atoms with E-state index in [1.54, 1.807) is 24.4 Å². The molecule has 0 saturated heterocycles. The van der Waals surface area contributed by atoms with E-state index in [0.717, 1.165) is 16.5 Å². The van der Waals surface area contributed by atoms with Gasteiger partial charge in [0.05, 0.1) is 0 Å². The molecular weight excluding hydrogens is 232 g/mol. The van der Waals surface area contributed by atoms with Gasteiger partial charge in [-0.3, -0.25) is 4.79 Å². The lowest BCUT2D eigenvalue weighted by molar-refractivity contribution is -0.136. The second-order valence-electron chi connectivity index (χ2n) is 3.53. The first-order chi connectivity index (χ1) is 8.70. The number of nitrogens with one attached hydrogen (secondary N) is 1. The molecule has 0 saturated carbocycles. The van der Waals surface area contributed by atoms with Crippen LogP contribution in [0.5, 0.6) is 0 Å². The van der Waals surface area contributed by atoms with Gasteiger partial charge >= 0.3 is 5.97 Å². The number of nitrogens with zero attached hydrogens (tertiary/aromatic N) is 1. The average Bonchev–Trinajstić information content (AvgIpc) is 2.80. The van der Waals surface area contributed by atoms with Crippen LogP contribution in [0.3, 0.4) is 0 Å². The van der Waals surface area contributed by atoms with Gasteiger partial charge in [-0.25, -0.2) is 0 Å². The molecule has 0 bridgehead atoms. The van der Waals surface area contributed by atoms with Crippen LogP contribution in [0.15, 0.2) is 29.6 Å². The first kappa shape index (κ1) is 13.9. The van der Waals surface area contributed by atoms with Crippen molar-refractivity contribution < 1.29 is 9.90 Å². The number of aromatic amines is 1. The maximum absolute atomic E-state index is 10.5. The molecule has 5 nitrogen and oxygen atoms in total. The minimum Gasteiger partial charge on any atom is -0.481 e. The first-order valence-electron chi connectivity index (χ1n) is 5.86. The van der Waals surface area contributed by atoms with Gasteiger partial charge in [0.25, 0.3) is 0 Å². The van der Waals surface area contributed by atoms with Crippen LogP contribution in [-0.4, -0.2) is 16.1 Å². The highest BCUT2D eigenvalue weighted by Gasteiger charge is 2.06. The molecule has 0 aliphatic carbocycles. The molecule has 0 spiro atoms. The SMILES string of the molecule is CC.O=Nc1ccc2c(CCC(=O)O)c[nH]c2c1. The van der Waals surface area contributed by atoms with Crippen LogP contribution in [0.4, 0.5) is 5.69 Å². The minimum atomic E-state index is -0.819. The molecule has 18 heavy (non-hydrogen) atoms. The van der Waals surface area contributed by atoms with Crippen LogP contribution in [0, 0.1) is 4.91 Å². The number of hydrogen-bond donors (Lipinski definition) is 2. The van der Waals surface area contributed by atoms with Crippen LogP contribution in [0.25, 0.3) is 10.9 Å². The maximum Gasteiger partial charge on any atom is 0.303 e. The van der Waals surface area contributed by atoms with Crippen LogP contribution < -0.4 is 0 Å². The molecule has 1 heterocycles. The summed E-state index contributed by atoms with van der Waals surface area (Å²) < 4.78 is 0. The molecule has 5 heteroatoms. The third kappa shape index (κ3) is 3.16. The van der Waals surface area contributed by atoms with E-state index in [2.05, 4.69) is 10.2 Å². The fourth-order valence-corrected chi connectivity index (χ4v) is 1.68. The van der Waals surface area contributed by atoms with E-state index >= 15 is 0 Å². The van der Waals surface area contributed by atoms with Gasteiger partial charge in [-0.15, -0.1) is 4.91 Å². The van der Waals surface area contributed by atoms with Gasteiger partial charge in [-0.05, 0) is 29.3 Å². The number of carboxylic acids is 1. The molecule has 1 aromatic carbocycles. The zero-order valence-electron chi connectivity index (χ0n) is 10.4. The largest absolute Gasteiger partial charge is 0.481 e. The van der Waals surface area contributed by atoms with E-state index in [9.17, 15) is 9.70 Å². The molecule has 1 aromatic heterocycles. The number of hydrogen-bond acceptors (Lipinski definition) is 3. The lowest BCUT2D eigenvalue weighted by Gasteiger charge is -1.96. The zero-order chi connectivity index (χ0) is 13.5. The summed E-state index contributed by atoms with van der Waals surface area (Å²) in [4.78, 5) is 23.8. The van der Waals surface area contributed by atoms with E-state index in [1.165, 1.54) is 0 Å². The summed E-state index contributed by atoms with van der Waals surface area (Å²) >= 11 is 0. The van der Waals surface area contributed by atoms with Crippen molar-refractivity contribution in [3.63, 3.8) is 0 Å². The Kier molecular flexibility index (Phi) is 5.05. The predicted octanol–water partition coefficient (Wildman–Crippen LogP) is 3.61. The number of carboxylic acid groups (broad SMARTS) is 1. The van der Waals surface area contributed by atoms with Gasteiger partial charge < -0.3 is 10.1 Å². The van der Waals surface area contributed by atoms with Crippen molar-refractivity contribution in [3.8, 4) is 0 Å². The number of aromatic nitrogens is 1. The Hall–Kier alpha value is -2.17. The lowest BCUT2D eigenvalue weighted by Crippen LogP contribution is -1.96. The number of benzene rings is 1. The summed E-state index contributed by atoms with van der Waals surface area (Å²) in [6.07, 6.45) is 2.34. The molecule has 0 fully saturated rings. The average molecular weight is 248 g/mol. The standard InChI is InChI=1S/C11H10N2O3.C2H6/c14-11(15)4-1-7-6-12-10-5-8(13-16)2-3-9(7)10;1-2/h2-3,5-6,12H,1,4H2,(H,14,15);1-2H3. The smallest absolute Gasteiger partial charge is 0.303 e. The molecule has 0 radical (unpaired) electrons. The lowest BCUT2D eigenvalue weighted by atomic mass is 10.1. The fraction of sp³-hybridized carbons (Fsp3) is 0.308. The van der Waals surface area contributed by atoms with Gasteiger partial charge in [0, 0.05) is 23.5 Å². The van der Waals surface area contributed by atoms with Crippen LogP contribution in [-0.2, 0) is 11.2 Å². The van der Waals surface area contributed by atoms with Crippen molar-refractivity contribution in [3.05, 3.63) is 34.9 Å². The van der Waals surface area contributed by atoms with Gasteiger partial charge in [0.2, 0.25) is 0 Å². The van der Waals surface area contributed by atoms with Crippen molar-refractivity contribution in [1.29, 1.82) is 0 Å². The van der Waals surface area contributed by atoms with Gasteiger partial charge in [-0.1, -0.05) is 19.9 Å². The highest BCUT2D eigenvalue weighted by Crippen LogP contribution is 2.24. The summed E-state index contributed by atoms with van der Waals surface area (Å²) in [6.45, 7) is 4.00. The fourth-order valence-electron chi connectivity index (χ4n) is 1.68. The predicted molar refractivity (Wildman–Crippen MR) is 71.1 cm³/mol. The van der Waals surface area contributed by atoms with E-state index < -0.39 is 5.97 Å². The van der Waals surface area contributed by atoms with Crippen molar-refractivity contribution >= 4 is 22.6 Å². The quantitative estimate of drug-likeness (QED) is 0.811. The molecule has 2 rings (SSSR count). The van der Waals surface area contributed by atoms with E-state index in [-0.39, 0.29) is 6.42 Å². The zero-order valence-corrected chi connectivity index (χ0v) is 10.4. The molecule has 96 valence electrons. The second kappa shape index (κ2) is 6.54. The third-order valence-electron chi connectivity index (χ3n) is 2.46. The van der Waals surface area contributed by atoms with Gasteiger partial charge in [0.1, 0.15) is 5.69 Å². The summed E-state index contributed by atoms with van der Waals surface area (Å²) in [6, 6.07) is 5.04. The number of aryl methyl sites for hydroxylation is 1. The Morgan fingerprint density at radius 3 is 2.72 bits per heavy atom. The summed E-state index contributed by atoms with van der Waals surface area (Å²) in [5.74, 6) is -0.819.